The number of rotatable bonds is 4. The average molecular weight is 367 g/mol. The highest BCUT2D eigenvalue weighted by atomic mass is 16.2. The third-order valence-corrected chi connectivity index (χ3v) is 5.56. The van der Waals surface area contributed by atoms with Crippen LogP contribution in [0.2, 0.25) is 0 Å². The summed E-state index contributed by atoms with van der Waals surface area (Å²) in [6.45, 7) is 3.24. The number of aromatic nitrogens is 3. The molecule has 0 saturated carbocycles. The van der Waals surface area contributed by atoms with Crippen molar-refractivity contribution in [2.45, 2.75) is 25.7 Å². The van der Waals surface area contributed by atoms with Crippen LogP contribution in [0, 0.1) is 5.92 Å². The lowest BCUT2D eigenvalue weighted by atomic mass is 9.96. The second-order valence-corrected chi connectivity index (χ2v) is 7.51. The summed E-state index contributed by atoms with van der Waals surface area (Å²) in [6.07, 6.45) is 8.91. The molecule has 142 valence electrons. The van der Waals surface area contributed by atoms with Gasteiger partial charge in [0.2, 0.25) is 5.91 Å². The van der Waals surface area contributed by atoms with Crippen LogP contribution in [-0.2, 0) is 11.8 Å². The molecule has 0 aromatic carbocycles. The van der Waals surface area contributed by atoms with Crippen LogP contribution in [0.15, 0.2) is 30.7 Å². The van der Waals surface area contributed by atoms with Crippen molar-refractivity contribution >= 4 is 11.8 Å². The standard InChI is InChI=1S/C20H25N5O2/c1-23-14-17(12-22-23)18-5-4-16(11-21-18)20(27)24-9-6-15(7-10-24)13-25-8-2-3-19(25)26/h4-5,11-12,14-15H,2-3,6-10,13H2,1H3. The Morgan fingerprint density at radius 1 is 1.19 bits per heavy atom. The van der Waals surface area contributed by atoms with Crippen molar-refractivity contribution in [3.63, 3.8) is 0 Å². The molecule has 7 heteroatoms. The van der Waals surface area contributed by atoms with E-state index in [0.717, 1.165) is 56.7 Å². The van der Waals surface area contributed by atoms with E-state index in [1.54, 1.807) is 17.1 Å². The fourth-order valence-electron chi connectivity index (χ4n) is 3.95. The van der Waals surface area contributed by atoms with E-state index in [9.17, 15) is 9.59 Å². The fourth-order valence-corrected chi connectivity index (χ4v) is 3.95. The van der Waals surface area contributed by atoms with Crippen molar-refractivity contribution < 1.29 is 9.59 Å². The number of pyridine rings is 1. The van der Waals surface area contributed by atoms with Gasteiger partial charge in [0.25, 0.3) is 5.91 Å². The van der Waals surface area contributed by atoms with Gasteiger partial charge in [-0.05, 0) is 37.3 Å². The van der Waals surface area contributed by atoms with Crippen LogP contribution in [0.5, 0.6) is 0 Å². The number of carbonyl (C=O) groups excluding carboxylic acids is 2. The van der Waals surface area contributed by atoms with Gasteiger partial charge >= 0.3 is 0 Å². The normalized spacial score (nSPS) is 18.3. The second kappa shape index (κ2) is 7.50. The summed E-state index contributed by atoms with van der Waals surface area (Å²) < 4.78 is 1.73. The van der Waals surface area contributed by atoms with Gasteiger partial charge in [-0.1, -0.05) is 0 Å². The number of nitrogens with zero attached hydrogens (tertiary/aromatic N) is 5. The van der Waals surface area contributed by atoms with Gasteiger partial charge in [0.05, 0.1) is 17.5 Å². The molecule has 0 atom stereocenters. The molecule has 0 spiro atoms. The van der Waals surface area contributed by atoms with E-state index in [-0.39, 0.29) is 11.8 Å². The number of hydrogen-bond donors (Lipinski definition) is 0. The Morgan fingerprint density at radius 2 is 2.00 bits per heavy atom. The van der Waals surface area contributed by atoms with Gasteiger partial charge in [0, 0.05) is 57.6 Å². The zero-order chi connectivity index (χ0) is 18.8. The topological polar surface area (TPSA) is 71.3 Å². The first-order chi connectivity index (χ1) is 13.1. The molecule has 2 aliphatic heterocycles. The van der Waals surface area contributed by atoms with Gasteiger partial charge in [-0.3, -0.25) is 19.3 Å². The van der Waals surface area contributed by atoms with Gasteiger partial charge in [-0.15, -0.1) is 0 Å². The van der Waals surface area contributed by atoms with Crippen molar-refractivity contribution in [3.8, 4) is 11.3 Å². The molecule has 0 bridgehead atoms. The van der Waals surface area contributed by atoms with Crippen molar-refractivity contribution in [3.05, 3.63) is 36.3 Å². The molecule has 2 amide bonds. The summed E-state index contributed by atoms with van der Waals surface area (Å²) in [5.41, 5.74) is 2.37. The smallest absolute Gasteiger partial charge is 0.255 e. The molecule has 0 radical (unpaired) electrons. The Hall–Kier alpha value is -2.70. The lowest BCUT2D eigenvalue weighted by Gasteiger charge is -2.33. The minimum absolute atomic E-state index is 0.0379. The molecule has 7 nitrogen and oxygen atoms in total. The number of piperidine rings is 1. The zero-order valence-electron chi connectivity index (χ0n) is 15.7. The van der Waals surface area contributed by atoms with Crippen molar-refractivity contribution in [1.29, 1.82) is 0 Å². The van der Waals surface area contributed by atoms with Crippen molar-refractivity contribution in [1.82, 2.24) is 24.6 Å². The van der Waals surface area contributed by atoms with E-state index >= 15 is 0 Å². The Labute approximate surface area is 159 Å². The van der Waals surface area contributed by atoms with Crippen molar-refractivity contribution in [2.24, 2.45) is 13.0 Å². The molecule has 0 aliphatic carbocycles. The maximum atomic E-state index is 12.8. The number of carbonyl (C=O) groups is 2. The molecule has 4 heterocycles. The van der Waals surface area contributed by atoms with Crippen LogP contribution in [-0.4, -0.2) is 62.6 Å². The van der Waals surface area contributed by atoms with E-state index in [1.807, 2.05) is 35.2 Å². The third kappa shape index (κ3) is 3.86. The summed E-state index contributed by atoms with van der Waals surface area (Å²) in [6, 6.07) is 3.71. The van der Waals surface area contributed by atoms with Crippen LogP contribution < -0.4 is 0 Å². The summed E-state index contributed by atoms with van der Waals surface area (Å²) in [5.74, 6) is 0.825. The maximum Gasteiger partial charge on any atom is 0.255 e. The monoisotopic (exact) mass is 367 g/mol. The van der Waals surface area contributed by atoms with Gasteiger partial charge < -0.3 is 9.80 Å². The van der Waals surface area contributed by atoms with Crippen LogP contribution in [0.3, 0.4) is 0 Å². The van der Waals surface area contributed by atoms with E-state index in [4.69, 9.17) is 0 Å². The maximum absolute atomic E-state index is 12.8. The highest BCUT2D eigenvalue weighted by Crippen LogP contribution is 2.23. The minimum atomic E-state index is 0.0379. The molecule has 0 N–H and O–H groups in total. The molecule has 2 aliphatic rings. The van der Waals surface area contributed by atoms with Crippen LogP contribution in [0.4, 0.5) is 0 Å². The Morgan fingerprint density at radius 3 is 2.59 bits per heavy atom. The number of hydrogen-bond acceptors (Lipinski definition) is 4. The molecule has 0 unspecified atom stereocenters. The SMILES string of the molecule is Cn1cc(-c2ccc(C(=O)N3CCC(CN4CCCC4=O)CC3)cn2)cn1. The largest absolute Gasteiger partial charge is 0.342 e. The number of aryl methyl sites for hydroxylation is 1. The van der Waals surface area contributed by atoms with E-state index in [2.05, 4.69) is 10.1 Å². The van der Waals surface area contributed by atoms with E-state index < -0.39 is 0 Å². The Balaban J connectivity index is 1.33. The van der Waals surface area contributed by atoms with Crippen LogP contribution in [0.1, 0.15) is 36.0 Å². The Bertz CT molecular complexity index is 821. The molecule has 2 saturated heterocycles. The predicted octanol–water partition coefficient (Wildman–Crippen LogP) is 1.96. The summed E-state index contributed by atoms with van der Waals surface area (Å²) in [7, 11) is 1.87. The van der Waals surface area contributed by atoms with Gasteiger partial charge in [-0.25, -0.2) is 0 Å². The predicted molar refractivity (Wildman–Crippen MR) is 101 cm³/mol. The number of likely N-dealkylation sites (tertiary alicyclic amines) is 2. The third-order valence-electron chi connectivity index (χ3n) is 5.56. The zero-order valence-corrected chi connectivity index (χ0v) is 15.7. The molecule has 2 aromatic heterocycles. The van der Waals surface area contributed by atoms with Gasteiger partial charge in [0.15, 0.2) is 0 Å². The average Bonchev–Trinajstić information content (AvgIpc) is 3.30. The molecule has 2 aromatic rings. The highest BCUT2D eigenvalue weighted by Gasteiger charge is 2.28. The van der Waals surface area contributed by atoms with E-state index in [0.29, 0.717) is 17.9 Å². The lowest BCUT2D eigenvalue weighted by Crippen LogP contribution is -2.41. The summed E-state index contributed by atoms with van der Waals surface area (Å²) in [4.78, 5) is 32.9. The molecule has 2 fully saturated rings. The first kappa shape index (κ1) is 17.7. The minimum Gasteiger partial charge on any atom is -0.342 e. The van der Waals surface area contributed by atoms with Gasteiger partial charge in [-0.2, -0.15) is 5.10 Å². The lowest BCUT2D eigenvalue weighted by molar-refractivity contribution is -0.128. The fraction of sp³-hybridized carbons (Fsp3) is 0.500. The van der Waals surface area contributed by atoms with E-state index in [1.165, 1.54) is 0 Å². The Kier molecular flexibility index (Phi) is 4.92. The summed E-state index contributed by atoms with van der Waals surface area (Å²) >= 11 is 0. The summed E-state index contributed by atoms with van der Waals surface area (Å²) in [5, 5.41) is 4.15. The highest BCUT2D eigenvalue weighted by molar-refractivity contribution is 5.94. The molecular weight excluding hydrogens is 342 g/mol. The van der Waals surface area contributed by atoms with Crippen LogP contribution in [0.25, 0.3) is 11.3 Å². The van der Waals surface area contributed by atoms with Gasteiger partial charge in [0.1, 0.15) is 0 Å². The first-order valence-corrected chi connectivity index (χ1v) is 9.62. The molecular formula is C20H25N5O2. The van der Waals surface area contributed by atoms with Crippen LogP contribution >= 0.6 is 0 Å². The first-order valence-electron chi connectivity index (χ1n) is 9.62. The van der Waals surface area contributed by atoms with Crippen molar-refractivity contribution in [2.75, 3.05) is 26.2 Å². The molecule has 27 heavy (non-hydrogen) atoms. The quantitative estimate of drug-likeness (QED) is 0.828. The second-order valence-electron chi connectivity index (χ2n) is 7.51. The number of amides is 2. The molecule has 4 rings (SSSR count).